The Morgan fingerprint density at radius 2 is 1.76 bits per heavy atom. The first kappa shape index (κ1) is 17.5. The molecule has 21 heavy (non-hydrogen) atoms. The number of rotatable bonds is 5. The van der Waals surface area contributed by atoms with Gasteiger partial charge in [-0.05, 0) is 23.6 Å². The van der Waals surface area contributed by atoms with Crippen molar-refractivity contribution in [1.29, 1.82) is 5.26 Å². The van der Waals surface area contributed by atoms with Crippen molar-refractivity contribution in [3.05, 3.63) is 35.4 Å². The molecule has 0 amide bonds. The molecule has 4 nitrogen and oxygen atoms in total. The van der Waals surface area contributed by atoms with Gasteiger partial charge in [0.05, 0.1) is 11.6 Å². The predicted octanol–water partition coefficient (Wildman–Crippen LogP) is 2.85. The van der Waals surface area contributed by atoms with Crippen molar-refractivity contribution in [3.63, 3.8) is 0 Å². The molecule has 0 spiro atoms. The van der Waals surface area contributed by atoms with Crippen molar-refractivity contribution in [2.45, 2.75) is 26.1 Å². The van der Waals surface area contributed by atoms with Crippen molar-refractivity contribution < 1.29 is 21.6 Å². The maximum absolute atomic E-state index is 12.5. The molecule has 0 radical (unpaired) electrons. The van der Waals surface area contributed by atoms with Gasteiger partial charge in [0.25, 0.3) is 0 Å². The summed E-state index contributed by atoms with van der Waals surface area (Å²) >= 11 is 0. The zero-order chi connectivity index (χ0) is 16.3. The summed E-state index contributed by atoms with van der Waals surface area (Å²) in [7, 11) is -3.80. The van der Waals surface area contributed by atoms with Crippen LogP contribution in [0.4, 0.5) is 13.2 Å². The molecule has 1 aromatic carbocycles. The van der Waals surface area contributed by atoms with Crippen LogP contribution >= 0.6 is 0 Å². The Balaban J connectivity index is 3.06. The Morgan fingerprint density at radius 3 is 2.14 bits per heavy atom. The van der Waals surface area contributed by atoms with Gasteiger partial charge in [0.15, 0.2) is 5.75 Å². The molecule has 0 fully saturated rings. The van der Waals surface area contributed by atoms with Crippen LogP contribution in [0.1, 0.15) is 31.0 Å². The number of benzene rings is 1. The van der Waals surface area contributed by atoms with Crippen LogP contribution in [-0.2, 0) is 16.2 Å². The normalized spacial score (nSPS) is 14.0. The molecule has 0 aromatic heterocycles. The molecule has 1 N–H and O–H groups in total. The lowest BCUT2D eigenvalue weighted by molar-refractivity contribution is -0.137. The Bertz CT molecular complexity index is 616. The maximum Gasteiger partial charge on any atom is 0.416 e. The average Bonchev–Trinajstić information content (AvgIpc) is 2.35. The van der Waals surface area contributed by atoms with E-state index in [1.54, 1.807) is 13.8 Å². The number of nitrogens with zero attached hydrogens (tertiary/aromatic N) is 1. The fourth-order valence-corrected chi connectivity index (χ4v) is 2.84. The minimum atomic E-state index is -4.44. The molecule has 0 aliphatic rings. The molecule has 0 saturated heterocycles. The second-order valence-electron chi connectivity index (χ2n) is 4.88. The number of nitrogens with one attached hydrogen (secondary N) is 1. The lowest BCUT2D eigenvalue weighted by Crippen LogP contribution is -2.33. The van der Waals surface area contributed by atoms with Gasteiger partial charge >= 0.3 is 6.18 Å². The minimum absolute atomic E-state index is 0.185. The van der Waals surface area contributed by atoms with E-state index in [0.717, 1.165) is 12.1 Å². The topological polar surface area (TPSA) is 70.0 Å². The highest BCUT2D eigenvalue weighted by Crippen LogP contribution is 2.31. The molecular formula is C13H15F3N2O2S. The summed E-state index contributed by atoms with van der Waals surface area (Å²) in [5.41, 5.74) is -0.381. The molecule has 1 aromatic rings. The lowest BCUT2D eigenvalue weighted by atomic mass is 9.96. The van der Waals surface area contributed by atoms with E-state index in [9.17, 15) is 21.6 Å². The quantitative estimate of drug-likeness (QED) is 0.907. The van der Waals surface area contributed by atoms with Gasteiger partial charge < -0.3 is 0 Å². The number of hydrogen-bond donors (Lipinski definition) is 1. The summed E-state index contributed by atoms with van der Waals surface area (Å²) in [4.78, 5) is 0. The van der Waals surface area contributed by atoms with E-state index in [-0.39, 0.29) is 5.92 Å². The Hall–Kier alpha value is -1.59. The number of halogens is 3. The highest BCUT2D eigenvalue weighted by atomic mass is 32.2. The van der Waals surface area contributed by atoms with Crippen LogP contribution in [0.2, 0.25) is 0 Å². The first-order valence-corrected chi connectivity index (χ1v) is 7.76. The third-order valence-corrected chi connectivity index (χ3v) is 3.95. The Labute approximate surface area is 121 Å². The molecule has 8 heteroatoms. The predicted molar refractivity (Wildman–Crippen MR) is 71.6 cm³/mol. The van der Waals surface area contributed by atoms with E-state index >= 15 is 0 Å². The number of sulfonamides is 1. The summed E-state index contributed by atoms with van der Waals surface area (Å²) < 4.78 is 63.1. The molecule has 116 valence electrons. The zero-order valence-corrected chi connectivity index (χ0v) is 12.3. The SMILES string of the molecule is CC(C)C(NS(=O)(=O)CC#N)c1ccc(C(F)(F)F)cc1. The lowest BCUT2D eigenvalue weighted by Gasteiger charge is -2.22. The molecule has 0 aliphatic carbocycles. The smallest absolute Gasteiger partial charge is 0.211 e. The van der Waals surface area contributed by atoms with E-state index < -0.39 is 33.6 Å². The van der Waals surface area contributed by atoms with E-state index in [1.807, 2.05) is 0 Å². The van der Waals surface area contributed by atoms with Crippen molar-refractivity contribution in [1.82, 2.24) is 4.72 Å². The van der Waals surface area contributed by atoms with Gasteiger partial charge in [-0.25, -0.2) is 13.1 Å². The van der Waals surface area contributed by atoms with Crippen LogP contribution in [0.3, 0.4) is 0 Å². The Morgan fingerprint density at radius 1 is 1.24 bits per heavy atom. The average molecular weight is 320 g/mol. The molecule has 0 aliphatic heterocycles. The van der Waals surface area contributed by atoms with Gasteiger partial charge in [0.2, 0.25) is 10.0 Å². The fraction of sp³-hybridized carbons (Fsp3) is 0.462. The first-order valence-electron chi connectivity index (χ1n) is 6.11. The summed E-state index contributed by atoms with van der Waals surface area (Å²) in [5, 5.41) is 8.46. The fourth-order valence-electron chi connectivity index (χ4n) is 1.79. The summed E-state index contributed by atoms with van der Waals surface area (Å²) in [6.45, 7) is 3.47. The van der Waals surface area contributed by atoms with Crippen LogP contribution in [0.25, 0.3) is 0 Å². The van der Waals surface area contributed by atoms with Crippen molar-refractivity contribution in [3.8, 4) is 6.07 Å². The largest absolute Gasteiger partial charge is 0.416 e. The van der Waals surface area contributed by atoms with E-state index in [0.29, 0.717) is 5.56 Å². The van der Waals surface area contributed by atoms with Crippen LogP contribution in [0.15, 0.2) is 24.3 Å². The van der Waals surface area contributed by atoms with Crippen LogP contribution in [0, 0.1) is 17.2 Å². The molecule has 1 unspecified atom stereocenters. The van der Waals surface area contributed by atoms with Crippen molar-refractivity contribution in [2.75, 3.05) is 5.75 Å². The molecule has 0 heterocycles. The third kappa shape index (κ3) is 5.02. The summed E-state index contributed by atoms with van der Waals surface area (Å²) in [6.07, 6.45) is -4.44. The summed E-state index contributed by atoms with van der Waals surface area (Å²) in [5.74, 6) is -0.883. The van der Waals surface area contributed by atoms with Gasteiger partial charge in [0.1, 0.15) is 0 Å². The minimum Gasteiger partial charge on any atom is -0.211 e. The van der Waals surface area contributed by atoms with E-state index in [1.165, 1.54) is 18.2 Å². The van der Waals surface area contributed by atoms with Crippen molar-refractivity contribution in [2.24, 2.45) is 5.92 Å². The third-order valence-electron chi connectivity index (χ3n) is 2.82. The molecule has 0 bridgehead atoms. The standard InChI is InChI=1S/C13H15F3N2O2S/c1-9(2)12(18-21(19,20)8-7-17)10-3-5-11(6-4-10)13(14,15)16/h3-6,9,12,18H,8H2,1-2H3. The van der Waals surface area contributed by atoms with Gasteiger partial charge in [-0.3, -0.25) is 0 Å². The zero-order valence-electron chi connectivity index (χ0n) is 11.5. The maximum atomic E-state index is 12.5. The van der Waals surface area contributed by atoms with Gasteiger partial charge in [-0.15, -0.1) is 0 Å². The van der Waals surface area contributed by atoms with Crippen LogP contribution in [-0.4, -0.2) is 14.2 Å². The monoisotopic (exact) mass is 320 g/mol. The number of nitriles is 1. The summed E-state index contributed by atoms with van der Waals surface area (Å²) in [6, 6.07) is 5.13. The highest BCUT2D eigenvalue weighted by Gasteiger charge is 2.30. The van der Waals surface area contributed by atoms with Crippen molar-refractivity contribution >= 4 is 10.0 Å². The van der Waals surface area contributed by atoms with E-state index in [4.69, 9.17) is 5.26 Å². The second kappa shape index (κ2) is 6.45. The number of alkyl halides is 3. The molecule has 1 atom stereocenters. The molecule has 0 saturated carbocycles. The Kier molecular flexibility index (Phi) is 5.36. The van der Waals surface area contributed by atoms with Crippen LogP contribution in [0.5, 0.6) is 0 Å². The molecule has 1 rings (SSSR count). The second-order valence-corrected chi connectivity index (χ2v) is 6.63. The number of hydrogen-bond acceptors (Lipinski definition) is 3. The van der Waals surface area contributed by atoms with Gasteiger partial charge in [0, 0.05) is 6.04 Å². The van der Waals surface area contributed by atoms with Gasteiger partial charge in [-0.1, -0.05) is 26.0 Å². The molecular weight excluding hydrogens is 305 g/mol. The first-order chi connectivity index (χ1) is 9.57. The van der Waals surface area contributed by atoms with Crippen LogP contribution < -0.4 is 4.72 Å². The highest BCUT2D eigenvalue weighted by molar-refractivity contribution is 7.89. The van der Waals surface area contributed by atoms with Gasteiger partial charge in [-0.2, -0.15) is 18.4 Å². The van der Waals surface area contributed by atoms with E-state index in [2.05, 4.69) is 4.72 Å².